The van der Waals surface area contributed by atoms with Crippen LogP contribution < -0.4 is 10.6 Å². The summed E-state index contributed by atoms with van der Waals surface area (Å²) in [5.41, 5.74) is 0.0242. The Hall–Kier alpha value is -3.10. The van der Waals surface area contributed by atoms with Crippen LogP contribution in [0.25, 0.3) is 0 Å². The Morgan fingerprint density at radius 3 is 2.16 bits per heavy atom. The summed E-state index contributed by atoms with van der Waals surface area (Å²) >= 11 is 0. The summed E-state index contributed by atoms with van der Waals surface area (Å²) in [5.74, 6) is -0.864. The van der Waals surface area contributed by atoms with Crippen molar-refractivity contribution in [3.63, 3.8) is 0 Å². The monoisotopic (exact) mass is 444 g/mol. The van der Waals surface area contributed by atoms with Crippen LogP contribution in [0.2, 0.25) is 0 Å². The summed E-state index contributed by atoms with van der Waals surface area (Å²) in [5, 5.41) is 5.43. The fourth-order valence-electron chi connectivity index (χ4n) is 4.18. The molecule has 2 saturated heterocycles. The molecule has 9 nitrogen and oxygen atoms in total. The highest BCUT2D eigenvalue weighted by Gasteiger charge is 2.38. The number of likely N-dealkylation sites (tertiary alicyclic amines) is 2. The van der Waals surface area contributed by atoms with E-state index in [0.29, 0.717) is 43.6 Å². The van der Waals surface area contributed by atoms with Crippen molar-refractivity contribution in [3.8, 4) is 0 Å². The highest BCUT2D eigenvalue weighted by atomic mass is 16.6. The highest BCUT2D eigenvalue weighted by Crippen LogP contribution is 2.26. The van der Waals surface area contributed by atoms with E-state index in [1.165, 1.54) is 4.90 Å². The summed E-state index contributed by atoms with van der Waals surface area (Å²) in [6, 6.07) is 5.55. The van der Waals surface area contributed by atoms with Gasteiger partial charge in [-0.1, -0.05) is 12.1 Å². The minimum Gasteiger partial charge on any atom is -0.444 e. The number of amides is 4. The number of anilines is 1. The maximum absolute atomic E-state index is 13.2. The summed E-state index contributed by atoms with van der Waals surface area (Å²) in [7, 11) is 1.55. The molecule has 0 saturated carbocycles. The molecule has 3 rings (SSSR count). The quantitative estimate of drug-likeness (QED) is 0.741. The molecule has 4 amide bonds. The Labute approximate surface area is 188 Å². The molecule has 2 N–H and O–H groups in total. The Bertz CT molecular complexity index is 895. The van der Waals surface area contributed by atoms with Crippen LogP contribution in [0.3, 0.4) is 0 Å². The molecule has 1 aromatic carbocycles. The lowest BCUT2D eigenvalue weighted by atomic mass is 10.1. The smallest absolute Gasteiger partial charge is 0.410 e. The number of nitrogens with zero attached hydrogens (tertiary/aromatic N) is 2. The first-order valence-electron chi connectivity index (χ1n) is 11.0. The number of carbonyl (C=O) groups is 4. The Morgan fingerprint density at radius 1 is 0.938 bits per heavy atom. The third-order valence-corrected chi connectivity index (χ3v) is 5.66. The molecule has 1 aromatic rings. The molecule has 0 aromatic heterocycles. The van der Waals surface area contributed by atoms with Gasteiger partial charge in [0, 0.05) is 20.1 Å². The van der Waals surface area contributed by atoms with Crippen LogP contribution in [-0.4, -0.2) is 71.4 Å². The van der Waals surface area contributed by atoms with Crippen molar-refractivity contribution in [2.24, 2.45) is 0 Å². The fourth-order valence-corrected chi connectivity index (χ4v) is 4.18. The molecule has 0 aliphatic carbocycles. The summed E-state index contributed by atoms with van der Waals surface area (Å²) in [6.45, 7) is 6.26. The van der Waals surface area contributed by atoms with Crippen LogP contribution in [-0.2, 0) is 14.3 Å². The molecule has 0 unspecified atom stereocenters. The van der Waals surface area contributed by atoms with Gasteiger partial charge in [-0.3, -0.25) is 19.3 Å². The second-order valence-electron chi connectivity index (χ2n) is 9.14. The minimum atomic E-state index is -0.668. The van der Waals surface area contributed by atoms with Gasteiger partial charge in [-0.05, 0) is 58.6 Å². The van der Waals surface area contributed by atoms with Crippen LogP contribution >= 0.6 is 0 Å². The number of likely N-dealkylation sites (N-methyl/N-ethyl adjacent to an activating group) is 1. The number of benzene rings is 1. The van der Waals surface area contributed by atoms with Crippen LogP contribution in [0, 0.1) is 0 Å². The van der Waals surface area contributed by atoms with Crippen molar-refractivity contribution >= 4 is 29.5 Å². The van der Waals surface area contributed by atoms with Gasteiger partial charge >= 0.3 is 6.09 Å². The first-order chi connectivity index (χ1) is 15.1. The van der Waals surface area contributed by atoms with E-state index < -0.39 is 23.8 Å². The molecule has 0 bridgehead atoms. The molecule has 32 heavy (non-hydrogen) atoms. The zero-order valence-corrected chi connectivity index (χ0v) is 19.1. The highest BCUT2D eigenvalue weighted by molar-refractivity contribution is 6.06. The van der Waals surface area contributed by atoms with E-state index in [9.17, 15) is 19.2 Å². The normalized spacial score (nSPS) is 20.8. The second kappa shape index (κ2) is 9.58. The number of hydrogen-bond donors (Lipinski definition) is 2. The SMILES string of the molecule is CNC(=O)[C@@H]1CCCN1C(=O)c1ccccc1NC(=O)[C@@H]1CCCN1C(=O)OC(C)(C)C. The van der Waals surface area contributed by atoms with Gasteiger partial charge in [0.1, 0.15) is 17.7 Å². The van der Waals surface area contributed by atoms with E-state index in [1.54, 1.807) is 57.0 Å². The second-order valence-corrected chi connectivity index (χ2v) is 9.14. The van der Waals surface area contributed by atoms with Crippen molar-refractivity contribution in [3.05, 3.63) is 29.8 Å². The first-order valence-corrected chi connectivity index (χ1v) is 11.0. The first kappa shape index (κ1) is 23.6. The molecule has 2 aliphatic heterocycles. The Balaban J connectivity index is 1.76. The fraction of sp³-hybridized carbons (Fsp3) is 0.565. The lowest BCUT2D eigenvalue weighted by Gasteiger charge is -2.28. The Kier molecular flexibility index (Phi) is 7.06. The number of nitrogens with one attached hydrogen (secondary N) is 2. The van der Waals surface area contributed by atoms with E-state index in [1.807, 2.05) is 0 Å². The number of ether oxygens (including phenoxy) is 1. The van der Waals surface area contributed by atoms with Crippen LogP contribution in [0.4, 0.5) is 10.5 Å². The minimum absolute atomic E-state index is 0.198. The average molecular weight is 445 g/mol. The lowest BCUT2D eigenvalue weighted by Crippen LogP contribution is -2.46. The van der Waals surface area contributed by atoms with Crippen molar-refractivity contribution in [2.45, 2.75) is 64.1 Å². The van der Waals surface area contributed by atoms with E-state index >= 15 is 0 Å². The zero-order chi connectivity index (χ0) is 23.5. The van der Waals surface area contributed by atoms with Gasteiger partial charge in [-0.15, -0.1) is 0 Å². The van der Waals surface area contributed by atoms with Gasteiger partial charge in [-0.2, -0.15) is 0 Å². The van der Waals surface area contributed by atoms with Gasteiger partial charge in [0.15, 0.2) is 0 Å². The molecule has 2 aliphatic rings. The maximum atomic E-state index is 13.2. The standard InChI is InChI=1S/C23H32N4O5/c1-23(2,3)32-22(31)27-14-8-12-18(27)20(29)25-16-10-6-5-9-15(16)21(30)26-13-7-11-17(26)19(28)24-4/h5-6,9-10,17-18H,7-8,11-14H2,1-4H3,(H,24,28)(H,25,29)/t17-,18-/m0/s1. The molecule has 2 fully saturated rings. The number of hydrogen-bond acceptors (Lipinski definition) is 5. The average Bonchev–Trinajstić information content (AvgIpc) is 3.41. The number of para-hydroxylation sites is 1. The van der Waals surface area contributed by atoms with Gasteiger partial charge in [0.05, 0.1) is 11.3 Å². The largest absolute Gasteiger partial charge is 0.444 e. The number of rotatable bonds is 4. The predicted octanol–water partition coefficient (Wildman–Crippen LogP) is 2.38. The summed E-state index contributed by atoms with van der Waals surface area (Å²) in [6.07, 6.45) is 2.04. The molecule has 0 spiro atoms. The molecule has 174 valence electrons. The van der Waals surface area contributed by atoms with Crippen molar-refractivity contribution in [1.82, 2.24) is 15.1 Å². The topological polar surface area (TPSA) is 108 Å². The third kappa shape index (κ3) is 5.20. The molecule has 9 heteroatoms. The van der Waals surface area contributed by atoms with E-state index in [4.69, 9.17) is 4.74 Å². The summed E-state index contributed by atoms with van der Waals surface area (Å²) < 4.78 is 5.43. The number of carbonyl (C=O) groups excluding carboxylic acids is 4. The van der Waals surface area contributed by atoms with E-state index in [-0.39, 0.29) is 17.7 Å². The molecular formula is C23H32N4O5. The molecule has 0 radical (unpaired) electrons. The maximum Gasteiger partial charge on any atom is 0.410 e. The van der Waals surface area contributed by atoms with Gasteiger partial charge in [0.25, 0.3) is 5.91 Å². The van der Waals surface area contributed by atoms with Crippen molar-refractivity contribution in [1.29, 1.82) is 0 Å². The lowest BCUT2D eigenvalue weighted by molar-refractivity contribution is -0.124. The van der Waals surface area contributed by atoms with Gasteiger partial charge < -0.3 is 20.3 Å². The van der Waals surface area contributed by atoms with Crippen molar-refractivity contribution in [2.75, 3.05) is 25.5 Å². The van der Waals surface area contributed by atoms with Gasteiger partial charge in [-0.25, -0.2) is 4.79 Å². The van der Waals surface area contributed by atoms with E-state index in [2.05, 4.69) is 10.6 Å². The predicted molar refractivity (Wildman–Crippen MR) is 119 cm³/mol. The van der Waals surface area contributed by atoms with Gasteiger partial charge in [0.2, 0.25) is 11.8 Å². The summed E-state index contributed by atoms with van der Waals surface area (Å²) in [4.78, 5) is 54.0. The Morgan fingerprint density at radius 2 is 1.53 bits per heavy atom. The van der Waals surface area contributed by atoms with E-state index in [0.717, 1.165) is 6.42 Å². The molecule has 2 atom stereocenters. The molecule has 2 heterocycles. The zero-order valence-electron chi connectivity index (χ0n) is 19.1. The third-order valence-electron chi connectivity index (χ3n) is 5.66. The molecular weight excluding hydrogens is 412 g/mol. The van der Waals surface area contributed by atoms with Crippen LogP contribution in [0.1, 0.15) is 56.8 Å². The van der Waals surface area contributed by atoms with Crippen molar-refractivity contribution < 1.29 is 23.9 Å². The van der Waals surface area contributed by atoms with Crippen LogP contribution in [0.5, 0.6) is 0 Å². The van der Waals surface area contributed by atoms with Crippen LogP contribution in [0.15, 0.2) is 24.3 Å².